The Labute approximate surface area is 164 Å². The Kier molecular flexibility index (Phi) is 5.14. The first-order chi connectivity index (χ1) is 13.4. The van der Waals surface area contributed by atoms with Gasteiger partial charge >= 0.3 is 5.97 Å². The number of halogens is 1. The van der Waals surface area contributed by atoms with Crippen LogP contribution in [0.1, 0.15) is 31.2 Å². The van der Waals surface area contributed by atoms with Gasteiger partial charge in [0.2, 0.25) is 5.91 Å². The van der Waals surface area contributed by atoms with Gasteiger partial charge in [-0.3, -0.25) is 14.5 Å². The predicted molar refractivity (Wildman–Crippen MR) is 99.5 cm³/mol. The first-order valence-electron chi connectivity index (χ1n) is 9.95. The predicted octanol–water partition coefficient (Wildman–Crippen LogP) is 1.47. The molecule has 1 aromatic rings. The number of esters is 1. The minimum Gasteiger partial charge on any atom is -0.468 e. The molecule has 4 rings (SSSR count). The van der Waals surface area contributed by atoms with Gasteiger partial charge < -0.3 is 15.2 Å². The van der Waals surface area contributed by atoms with Crippen molar-refractivity contribution in [1.82, 2.24) is 10.2 Å². The maximum absolute atomic E-state index is 13.1. The number of nitrogens with zero attached hydrogens (tertiary/aromatic N) is 1. The molecule has 0 bridgehead atoms. The molecular weight excluding hydrogens is 363 g/mol. The fourth-order valence-electron chi connectivity index (χ4n) is 4.81. The van der Waals surface area contributed by atoms with Crippen molar-refractivity contribution in [3.05, 3.63) is 35.6 Å². The fourth-order valence-corrected chi connectivity index (χ4v) is 4.81. The number of amides is 1. The van der Waals surface area contributed by atoms with E-state index in [-0.39, 0.29) is 17.8 Å². The standard InChI is InChI=1S/C21H27FN2O4/c1-28-20(27)21(6-7-21)19(26)23-17-8-14-11-24(12-15(14)9-18(17)25)10-13-2-4-16(22)5-3-13/h2-5,14-15,17-18,25H,6-12H2,1H3,(H,23,26)/t14-,15+,17-,18-/m0/s1. The number of fused-ring (bicyclic) bond motifs is 1. The average molecular weight is 390 g/mol. The molecule has 3 fully saturated rings. The summed E-state index contributed by atoms with van der Waals surface area (Å²) in [4.78, 5) is 26.8. The molecule has 0 spiro atoms. The van der Waals surface area contributed by atoms with Crippen LogP contribution in [0.15, 0.2) is 24.3 Å². The molecule has 4 atom stereocenters. The molecule has 3 aliphatic rings. The molecule has 6 nitrogen and oxygen atoms in total. The zero-order valence-corrected chi connectivity index (χ0v) is 16.1. The summed E-state index contributed by atoms with van der Waals surface area (Å²) < 4.78 is 17.9. The monoisotopic (exact) mass is 390 g/mol. The third-order valence-electron chi connectivity index (χ3n) is 6.61. The van der Waals surface area contributed by atoms with Crippen LogP contribution in [-0.4, -0.2) is 54.2 Å². The summed E-state index contributed by atoms with van der Waals surface area (Å²) >= 11 is 0. The fraction of sp³-hybridized carbons (Fsp3) is 0.619. The lowest BCUT2D eigenvalue weighted by atomic mass is 9.77. The number of nitrogens with one attached hydrogen (secondary N) is 1. The van der Waals surface area contributed by atoms with Crippen molar-refractivity contribution in [2.45, 2.75) is 44.4 Å². The summed E-state index contributed by atoms with van der Waals surface area (Å²) in [5.74, 6) is -0.259. The van der Waals surface area contributed by atoms with Crippen LogP contribution in [0.3, 0.4) is 0 Å². The van der Waals surface area contributed by atoms with Gasteiger partial charge in [-0.25, -0.2) is 4.39 Å². The van der Waals surface area contributed by atoms with E-state index in [4.69, 9.17) is 4.74 Å². The van der Waals surface area contributed by atoms with Gasteiger partial charge in [0.15, 0.2) is 0 Å². The first kappa shape index (κ1) is 19.3. The van der Waals surface area contributed by atoms with E-state index in [1.54, 1.807) is 12.1 Å². The molecule has 28 heavy (non-hydrogen) atoms. The molecule has 1 amide bonds. The number of aliphatic hydroxyl groups excluding tert-OH is 1. The van der Waals surface area contributed by atoms with Crippen LogP contribution in [0.5, 0.6) is 0 Å². The number of benzene rings is 1. The largest absolute Gasteiger partial charge is 0.468 e. The number of ether oxygens (including phenoxy) is 1. The molecule has 1 aromatic carbocycles. The van der Waals surface area contributed by atoms with E-state index in [9.17, 15) is 19.1 Å². The Balaban J connectivity index is 1.35. The molecule has 1 saturated heterocycles. The van der Waals surface area contributed by atoms with Gasteiger partial charge in [0.25, 0.3) is 0 Å². The second kappa shape index (κ2) is 7.44. The number of methoxy groups -OCH3 is 1. The lowest BCUT2D eigenvalue weighted by Crippen LogP contribution is -2.52. The SMILES string of the molecule is COC(=O)C1(C(=O)N[C@H]2C[C@H]3CN(Cc4ccc(F)cc4)C[C@H]3C[C@@H]2O)CC1. The van der Waals surface area contributed by atoms with E-state index in [0.29, 0.717) is 37.5 Å². The Morgan fingerprint density at radius 2 is 1.86 bits per heavy atom. The number of carbonyl (C=O) groups is 2. The van der Waals surface area contributed by atoms with E-state index in [2.05, 4.69) is 10.2 Å². The second-order valence-electron chi connectivity index (χ2n) is 8.53. The van der Waals surface area contributed by atoms with Crippen LogP contribution >= 0.6 is 0 Å². The number of hydrogen-bond donors (Lipinski definition) is 2. The molecule has 7 heteroatoms. The molecule has 152 valence electrons. The smallest absolute Gasteiger partial charge is 0.321 e. The van der Waals surface area contributed by atoms with Crippen LogP contribution in [0.2, 0.25) is 0 Å². The van der Waals surface area contributed by atoms with Crippen molar-refractivity contribution in [1.29, 1.82) is 0 Å². The summed E-state index contributed by atoms with van der Waals surface area (Å²) in [6, 6.07) is 6.22. The van der Waals surface area contributed by atoms with Crippen LogP contribution in [0.25, 0.3) is 0 Å². The van der Waals surface area contributed by atoms with Gasteiger partial charge in [-0.05, 0) is 55.2 Å². The zero-order chi connectivity index (χ0) is 19.9. The van der Waals surface area contributed by atoms with E-state index in [1.165, 1.54) is 19.2 Å². The van der Waals surface area contributed by atoms with Gasteiger partial charge in [-0.15, -0.1) is 0 Å². The quantitative estimate of drug-likeness (QED) is 0.588. The van der Waals surface area contributed by atoms with E-state index < -0.39 is 17.5 Å². The van der Waals surface area contributed by atoms with Crippen molar-refractivity contribution < 1.29 is 23.8 Å². The summed E-state index contributed by atoms with van der Waals surface area (Å²) in [6.07, 6.45) is 1.75. The van der Waals surface area contributed by atoms with E-state index in [1.807, 2.05) is 0 Å². The van der Waals surface area contributed by atoms with Crippen LogP contribution in [-0.2, 0) is 20.9 Å². The molecule has 0 unspecified atom stereocenters. The first-order valence-corrected chi connectivity index (χ1v) is 9.95. The van der Waals surface area contributed by atoms with Gasteiger partial charge in [0, 0.05) is 19.6 Å². The van der Waals surface area contributed by atoms with Crippen molar-refractivity contribution in [2.75, 3.05) is 20.2 Å². The molecule has 0 aromatic heterocycles. The van der Waals surface area contributed by atoms with Gasteiger partial charge in [-0.1, -0.05) is 12.1 Å². The summed E-state index contributed by atoms with van der Waals surface area (Å²) in [5.41, 5.74) is 0.0227. The maximum Gasteiger partial charge on any atom is 0.321 e. The van der Waals surface area contributed by atoms with Crippen molar-refractivity contribution in [2.24, 2.45) is 17.3 Å². The zero-order valence-electron chi connectivity index (χ0n) is 16.1. The molecule has 1 heterocycles. The van der Waals surface area contributed by atoms with Crippen LogP contribution < -0.4 is 5.32 Å². The summed E-state index contributed by atoms with van der Waals surface area (Å²) in [5, 5.41) is 13.5. The Morgan fingerprint density at radius 3 is 2.46 bits per heavy atom. The van der Waals surface area contributed by atoms with Gasteiger partial charge in [-0.2, -0.15) is 0 Å². The minimum absolute atomic E-state index is 0.235. The number of hydrogen-bond acceptors (Lipinski definition) is 5. The van der Waals surface area contributed by atoms with Crippen molar-refractivity contribution in [3.63, 3.8) is 0 Å². The third-order valence-corrected chi connectivity index (χ3v) is 6.61. The normalized spacial score (nSPS) is 31.1. The summed E-state index contributed by atoms with van der Waals surface area (Å²) in [6.45, 7) is 2.54. The molecule has 2 saturated carbocycles. The highest BCUT2D eigenvalue weighted by molar-refractivity contribution is 6.05. The van der Waals surface area contributed by atoms with Crippen LogP contribution in [0, 0.1) is 23.1 Å². The number of carbonyl (C=O) groups excluding carboxylic acids is 2. The highest BCUT2D eigenvalue weighted by Gasteiger charge is 2.58. The second-order valence-corrected chi connectivity index (χ2v) is 8.53. The van der Waals surface area contributed by atoms with E-state index in [0.717, 1.165) is 25.2 Å². The topological polar surface area (TPSA) is 78.9 Å². The molecule has 2 aliphatic carbocycles. The lowest BCUT2D eigenvalue weighted by Gasteiger charge is -2.36. The van der Waals surface area contributed by atoms with Gasteiger partial charge in [0.05, 0.1) is 19.3 Å². The highest BCUT2D eigenvalue weighted by atomic mass is 19.1. The number of rotatable bonds is 5. The number of aliphatic hydroxyl groups is 1. The molecular formula is C21H27FN2O4. The minimum atomic E-state index is -1.05. The Hall–Kier alpha value is -1.99. The lowest BCUT2D eigenvalue weighted by molar-refractivity contribution is -0.152. The summed E-state index contributed by atoms with van der Waals surface area (Å²) in [7, 11) is 1.30. The average Bonchev–Trinajstić information content (AvgIpc) is 3.40. The van der Waals surface area contributed by atoms with Crippen LogP contribution in [0.4, 0.5) is 4.39 Å². The van der Waals surface area contributed by atoms with Gasteiger partial charge in [0.1, 0.15) is 11.2 Å². The maximum atomic E-state index is 13.1. The highest BCUT2D eigenvalue weighted by Crippen LogP contribution is 2.47. The Bertz CT molecular complexity index is 749. The molecule has 2 N–H and O–H groups in total. The van der Waals surface area contributed by atoms with Crippen molar-refractivity contribution >= 4 is 11.9 Å². The Morgan fingerprint density at radius 1 is 1.21 bits per heavy atom. The van der Waals surface area contributed by atoms with E-state index >= 15 is 0 Å². The van der Waals surface area contributed by atoms with Crippen molar-refractivity contribution in [3.8, 4) is 0 Å². The molecule has 1 aliphatic heterocycles. The molecule has 0 radical (unpaired) electrons. The number of likely N-dealkylation sites (tertiary alicyclic amines) is 1. The third kappa shape index (κ3) is 3.65.